The molecule has 1 aromatic heterocycles. The summed E-state index contributed by atoms with van der Waals surface area (Å²) >= 11 is 0. The zero-order valence-electron chi connectivity index (χ0n) is 9.84. The van der Waals surface area contributed by atoms with E-state index in [2.05, 4.69) is 5.10 Å². The molecule has 5 nitrogen and oxygen atoms in total. The SMILES string of the molecule is OCc1cnn(C2CCOC3(CCOC3)C2)c1. The summed E-state index contributed by atoms with van der Waals surface area (Å²) in [5.41, 5.74) is 0.780. The molecule has 2 atom stereocenters. The topological polar surface area (TPSA) is 56.5 Å². The number of rotatable bonds is 2. The summed E-state index contributed by atoms with van der Waals surface area (Å²) in [6.45, 7) is 2.32. The van der Waals surface area contributed by atoms with Crippen molar-refractivity contribution in [1.82, 2.24) is 9.78 Å². The van der Waals surface area contributed by atoms with Gasteiger partial charge >= 0.3 is 0 Å². The number of nitrogens with zero attached hydrogens (tertiary/aromatic N) is 2. The molecule has 94 valence electrons. The van der Waals surface area contributed by atoms with Crippen LogP contribution in [0.2, 0.25) is 0 Å². The third-order valence-electron chi connectivity index (χ3n) is 3.75. The third kappa shape index (κ3) is 2.10. The van der Waals surface area contributed by atoms with E-state index in [0.717, 1.165) is 38.0 Å². The fraction of sp³-hybridized carbons (Fsp3) is 0.750. The van der Waals surface area contributed by atoms with Crippen molar-refractivity contribution >= 4 is 0 Å². The lowest BCUT2D eigenvalue weighted by atomic mass is 9.90. The molecule has 3 rings (SSSR count). The van der Waals surface area contributed by atoms with E-state index in [0.29, 0.717) is 12.6 Å². The molecule has 2 saturated heterocycles. The largest absolute Gasteiger partial charge is 0.392 e. The number of hydrogen-bond donors (Lipinski definition) is 1. The van der Waals surface area contributed by atoms with E-state index in [1.807, 2.05) is 10.9 Å². The van der Waals surface area contributed by atoms with E-state index in [-0.39, 0.29) is 12.2 Å². The molecule has 5 heteroatoms. The molecule has 0 aliphatic carbocycles. The van der Waals surface area contributed by atoms with Crippen LogP contribution in [0, 0.1) is 0 Å². The van der Waals surface area contributed by atoms with Gasteiger partial charge in [0.2, 0.25) is 0 Å². The van der Waals surface area contributed by atoms with Gasteiger partial charge in [0.15, 0.2) is 0 Å². The van der Waals surface area contributed by atoms with Gasteiger partial charge in [0.25, 0.3) is 0 Å². The molecule has 0 aromatic carbocycles. The Morgan fingerprint density at radius 3 is 3.18 bits per heavy atom. The second kappa shape index (κ2) is 4.40. The van der Waals surface area contributed by atoms with Crippen molar-refractivity contribution in [1.29, 1.82) is 0 Å². The Morgan fingerprint density at radius 2 is 2.47 bits per heavy atom. The summed E-state index contributed by atoms with van der Waals surface area (Å²) in [6, 6.07) is 0.366. The van der Waals surface area contributed by atoms with E-state index >= 15 is 0 Å². The molecular formula is C12H18N2O3. The summed E-state index contributed by atoms with van der Waals surface area (Å²) in [4.78, 5) is 0. The highest BCUT2D eigenvalue weighted by Crippen LogP contribution is 2.37. The Balaban J connectivity index is 1.74. The van der Waals surface area contributed by atoms with Gasteiger partial charge in [0.05, 0.1) is 31.1 Å². The first kappa shape index (κ1) is 11.2. The van der Waals surface area contributed by atoms with Crippen LogP contribution in [0.25, 0.3) is 0 Å². The molecule has 0 radical (unpaired) electrons. The summed E-state index contributed by atoms with van der Waals surface area (Å²) < 4.78 is 13.3. The fourth-order valence-electron chi connectivity index (χ4n) is 2.75. The summed E-state index contributed by atoms with van der Waals surface area (Å²) in [5, 5.41) is 13.4. The van der Waals surface area contributed by atoms with Gasteiger partial charge in [-0.25, -0.2) is 0 Å². The second-order valence-corrected chi connectivity index (χ2v) is 4.97. The smallest absolute Gasteiger partial charge is 0.0957 e. The van der Waals surface area contributed by atoms with Gasteiger partial charge in [-0.15, -0.1) is 0 Å². The molecule has 2 aliphatic heterocycles. The van der Waals surface area contributed by atoms with Crippen molar-refractivity contribution in [3.8, 4) is 0 Å². The molecule has 2 unspecified atom stereocenters. The minimum atomic E-state index is -0.0890. The Bertz CT molecular complexity index is 385. The van der Waals surface area contributed by atoms with Crippen molar-refractivity contribution < 1.29 is 14.6 Å². The van der Waals surface area contributed by atoms with Crippen LogP contribution in [0.4, 0.5) is 0 Å². The molecule has 0 amide bonds. The van der Waals surface area contributed by atoms with Crippen LogP contribution in [0.5, 0.6) is 0 Å². The second-order valence-electron chi connectivity index (χ2n) is 4.97. The molecule has 0 saturated carbocycles. The Labute approximate surface area is 100 Å². The van der Waals surface area contributed by atoms with Crippen molar-refractivity contribution in [3.63, 3.8) is 0 Å². The van der Waals surface area contributed by atoms with Crippen LogP contribution in [-0.2, 0) is 16.1 Å². The van der Waals surface area contributed by atoms with Gasteiger partial charge in [-0.2, -0.15) is 5.10 Å². The maximum Gasteiger partial charge on any atom is 0.0957 e. The fourth-order valence-corrected chi connectivity index (χ4v) is 2.75. The monoisotopic (exact) mass is 238 g/mol. The van der Waals surface area contributed by atoms with Gasteiger partial charge in [0.1, 0.15) is 0 Å². The van der Waals surface area contributed by atoms with E-state index in [4.69, 9.17) is 14.6 Å². The van der Waals surface area contributed by atoms with E-state index < -0.39 is 0 Å². The van der Waals surface area contributed by atoms with E-state index in [9.17, 15) is 0 Å². The Kier molecular flexibility index (Phi) is 2.90. The highest BCUT2D eigenvalue weighted by atomic mass is 16.6. The number of aromatic nitrogens is 2. The molecule has 2 aliphatic rings. The minimum Gasteiger partial charge on any atom is -0.392 e. The molecule has 1 spiro atoms. The van der Waals surface area contributed by atoms with Crippen LogP contribution in [-0.4, -0.2) is 40.3 Å². The number of ether oxygens (including phenoxy) is 2. The lowest BCUT2D eigenvalue weighted by molar-refractivity contribution is -0.0962. The Hall–Kier alpha value is -0.910. The molecular weight excluding hydrogens is 220 g/mol. The van der Waals surface area contributed by atoms with Crippen LogP contribution in [0.1, 0.15) is 30.9 Å². The number of hydrogen-bond acceptors (Lipinski definition) is 4. The van der Waals surface area contributed by atoms with Gasteiger partial charge in [-0.3, -0.25) is 4.68 Å². The molecule has 2 fully saturated rings. The van der Waals surface area contributed by atoms with Gasteiger partial charge in [0, 0.05) is 37.8 Å². The Morgan fingerprint density at radius 1 is 1.53 bits per heavy atom. The predicted octanol–water partition coefficient (Wildman–Crippen LogP) is 0.886. The molecule has 0 bridgehead atoms. The van der Waals surface area contributed by atoms with Gasteiger partial charge in [-0.1, -0.05) is 0 Å². The average molecular weight is 238 g/mol. The van der Waals surface area contributed by atoms with Crippen molar-refractivity contribution in [2.24, 2.45) is 0 Å². The normalized spacial score (nSPS) is 33.4. The minimum absolute atomic E-state index is 0.0530. The lowest BCUT2D eigenvalue weighted by Crippen LogP contribution is -2.41. The molecule has 17 heavy (non-hydrogen) atoms. The van der Waals surface area contributed by atoms with Gasteiger partial charge in [-0.05, 0) is 6.42 Å². The standard InChI is InChI=1S/C12H18N2O3/c15-8-10-6-13-14(7-10)11-1-3-17-12(5-11)2-4-16-9-12/h6-7,11,15H,1-5,8-9H2. The van der Waals surface area contributed by atoms with Crippen LogP contribution in [0.15, 0.2) is 12.4 Å². The summed E-state index contributed by atoms with van der Waals surface area (Å²) in [6.07, 6.45) is 6.58. The highest BCUT2D eigenvalue weighted by Gasteiger charge is 2.41. The number of aliphatic hydroxyl groups is 1. The predicted molar refractivity (Wildman–Crippen MR) is 60.5 cm³/mol. The van der Waals surface area contributed by atoms with Crippen molar-refractivity contribution in [3.05, 3.63) is 18.0 Å². The molecule has 1 N–H and O–H groups in total. The first-order valence-electron chi connectivity index (χ1n) is 6.17. The first-order valence-corrected chi connectivity index (χ1v) is 6.17. The quantitative estimate of drug-likeness (QED) is 0.831. The third-order valence-corrected chi connectivity index (χ3v) is 3.75. The maximum atomic E-state index is 9.06. The molecule has 1 aromatic rings. The number of aliphatic hydroxyl groups excluding tert-OH is 1. The summed E-state index contributed by atoms with van der Waals surface area (Å²) in [5.74, 6) is 0. The zero-order valence-corrected chi connectivity index (χ0v) is 9.84. The van der Waals surface area contributed by atoms with Crippen molar-refractivity contribution in [2.45, 2.75) is 37.5 Å². The van der Waals surface area contributed by atoms with E-state index in [1.54, 1.807) is 6.20 Å². The van der Waals surface area contributed by atoms with E-state index in [1.165, 1.54) is 0 Å². The van der Waals surface area contributed by atoms with Crippen molar-refractivity contribution in [2.75, 3.05) is 19.8 Å². The van der Waals surface area contributed by atoms with Crippen LogP contribution >= 0.6 is 0 Å². The summed E-state index contributed by atoms with van der Waals surface area (Å²) in [7, 11) is 0. The van der Waals surface area contributed by atoms with Crippen LogP contribution < -0.4 is 0 Å². The first-order chi connectivity index (χ1) is 8.31. The average Bonchev–Trinajstić information content (AvgIpc) is 2.99. The van der Waals surface area contributed by atoms with Gasteiger partial charge < -0.3 is 14.6 Å². The van der Waals surface area contributed by atoms with Crippen LogP contribution in [0.3, 0.4) is 0 Å². The zero-order chi connectivity index (χ0) is 11.7. The molecule has 3 heterocycles. The lowest BCUT2D eigenvalue weighted by Gasteiger charge is -2.37. The highest BCUT2D eigenvalue weighted by molar-refractivity contribution is 5.03. The maximum absolute atomic E-state index is 9.06.